The third kappa shape index (κ3) is 3.98. The first-order valence-electron chi connectivity index (χ1n) is 6.62. The van der Waals surface area contributed by atoms with Crippen LogP contribution in [0.15, 0.2) is 23.1 Å². The number of nitrogens with one attached hydrogen (secondary N) is 1. The van der Waals surface area contributed by atoms with Crippen LogP contribution in [-0.2, 0) is 14.8 Å². The monoisotopic (exact) mass is 318 g/mol. The summed E-state index contributed by atoms with van der Waals surface area (Å²) in [5.74, 6) is -2.45. The predicted molar refractivity (Wildman–Crippen MR) is 72.0 cm³/mol. The van der Waals surface area contributed by atoms with Gasteiger partial charge in [0.1, 0.15) is 0 Å². The van der Waals surface area contributed by atoms with E-state index in [9.17, 15) is 22.0 Å². The van der Waals surface area contributed by atoms with Crippen molar-refractivity contribution < 1.29 is 22.0 Å². The van der Waals surface area contributed by atoms with Gasteiger partial charge in [0, 0.05) is 26.1 Å². The van der Waals surface area contributed by atoms with Crippen LogP contribution in [0.3, 0.4) is 0 Å². The molecule has 2 rings (SSSR count). The summed E-state index contributed by atoms with van der Waals surface area (Å²) in [5.41, 5.74) is 0. The Morgan fingerprint density at radius 3 is 2.48 bits per heavy atom. The number of hydrogen-bond acceptors (Lipinski definition) is 3. The lowest BCUT2D eigenvalue weighted by Gasteiger charge is -2.15. The Hall–Kier alpha value is -1.54. The number of hydrogen-bond donors (Lipinski definition) is 1. The van der Waals surface area contributed by atoms with Crippen molar-refractivity contribution in [2.24, 2.45) is 0 Å². The third-order valence-corrected chi connectivity index (χ3v) is 4.75. The summed E-state index contributed by atoms with van der Waals surface area (Å²) in [6.07, 6.45) is 1.97. The Bertz CT molecular complexity index is 628. The molecule has 0 saturated carbocycles. The fraction of sp³-hybridized carbons (Fsp3) is 0.462. The number of halogens is 2. The SMILES string of the molecule is O=C(CCNS(=O)(=O)c1ccc(F)c(F)c1)N1CCCC1. The lowest BCUT2D eigenvalue weighted by Crippen LogP contribution is -2.32. The Kier molecular flexibility index (Phi) is 4.89. The van der Waals surface area contributed by atoms with Gasteiger partial charge in [-0.25, -0.2) is 21.9 Å². The Morgan fingerprint density at radius 2 is 1.86 bits per heavy atom. The van der Waals surface area contributed by atoms with Crippen LogP contribution in [0.4, 0.5) is 8.78 Å². The first-order chi connectivity index (χ1) is 9.90. The quantitative estimate of drug-likeness (QED) is 0.889. The number of nitrogens with zero attached hydrogens (tertiary/aromatic N) is 1. The van der Waals surface area contributed by atoms with Crippen LogP contribution in [0.5, 0.6) is 0 Å². The fourth-order valence-corrected chi connectivity index (χ4v) is 3.19. The Morgan fingerprint density at radius 1 is 1.19 bits per heavy atom. The van der Waals surface area contributed by atoms with Gasteiger partial charge in [0.25, 0.3) is 0 Å². The summed E-state index contributed by atoms with van der Waals surface area (Å²) in [6, 6.07) is 2.34. The summed E-state index contributed by atoms with van der Waals surface area (Å²) < 4.78 is 51.8. The average molecular weight is 318 g/mol. The standard InChI is InChI=1S/C13H16F2N2O3S/c14-11-4-3-10(9-12(11)15)21(19,20)16-6-5-13(18)17-7-1-2-8-17/h3-4,9,16H,1-2,5-8H2. The lowest BCUT2D eigenvalue weighted by atomic mass is 10.3. The van der Waals surface area contributed by atoms with E-state index < -0.39 is 21.7 Å². The minimum Gasteiger partial charge on any atom is -0.343 e. The largest absolute Gasteiger partial charge is 0.343 e. The zero-order valence-electron chi connectivity index (χ0n) is 11.3. The molecule has 0 aliphatic carbocycles. The van der Waals surface area contributed by atoms with E-state index in [0.717, 1.165) is 25.0 Å². The second-order valence-corrected chi connectivity index (χ2v) is 6.58. The molecule has 1 aromatic carbocycles. The molecule has 1 heterocycles. The van der Waals surface area contributed by atoms with E-state index in [0.29, 0.717) is 19.2 Å². The first-order valence-corrected chi connectivity index (χ1v) is 8.11. The van der Waals surface area contributed by atoms with Crippen molar-refractivity contribution >= 4 is 15.9 Å². The van der Waals surface area contributed by atoms with Gasteiger partial charge in [-0.1, -0.05) is 0 Å². The highest BCUT2D eigenvalue weighted by molar-refractivity contribution is 7.89. The zero-order valence-corrected chi connectivity index (χ0v) is 12.1. The van der Waals surface area contributed by atoms with E-state index in [1.807, 2.05) is 0 Å². The molecule has 0 atom stereocenters. The van der Waals surface area contributed by atoms with Crippen LogP contribution in [-0.4, -0.2) is 38.9 Å². The van der Waals surface area contributed by atoms with E-state index >= 15 is 0 Å². The van der Waals surface area contributed by atoms with Gasteiger partial charge in [0.2, 0.25) is 15.9 Å². The van der Waals surface area contributed by atoms with E-state index in [1.165, 1.54) is 0 Å². The summed E-state index contributed by atoms with van der Waals surface area (Å²) in [7, 11) is -3.95. The van der Waals surface area contributed by atoms with Crippen molar-refractivity contribution in [1.29, 1.82) is 0 Å². The number of rotatable bonds is 5. The second kappa shape index (κ2) is 6.48. The smallest absolute Gasteiger partial charge is 0.240 e. The predicted octanol–water partition coefficient (Wildman–Crippen LogP) is 1.26. The number of amides is 1. The molecule has 0 radical (unpaired) electrons. The average Bonchev–Trinajstić information content (AvgIpc) is 2.95. The Balaban J connectivity index is 1.91. The van der Waals surface area contributed by atoms with Crippen LogP contribution in [0.25, 0.3) is 0 Å². The highest BCUT2D eigenvalue weighted by atomic mass is 32.2. The Labute approximate surface area is 122 Å². The van der Waals surface area contributed by atoms with Gasteiger partial charge in [-0.2, -0.15) is 0 Å². The van der Waals surface area contributed by atoms with Gasteiger partial charge in [-0.05, 0) is 31.0 Å². The van der Waals surface area contributed by atoms with Gasteiger partial charge in [-0.15, -0.1) is 0 Å². The van der Waals surface area contributed by atoms with Crippen molar-refractivity contribution in [2.75, 3.05) is 19.6 Å². The van der Waals surface area contributed by atoms with Crippen molar-refractivity contribution in [2.45, 2.75) is 24.2 Å². The maximum Gasteiger partial charge on any atom is 0.240 e. The molecule has 1 amide bonds. The molecule has 1 aliphatic heterocycles. The maximum atomic E-state index is 13.0. The minimum atomic E-state index is -3.95. The van der Waals surface area contributed by atoms with Crippen molar-refractivity contribution in [3.63, 3.8) is 0 Å². The summed E-state index contributed by atoms with van der Waals surface area (Å²) in [6.45, 7) is 1.33. The summed E-state index contributed by atoms with van der Waals surface area (Å²) in [4.78, 5) is 13.1. The van der Waals surface area contributed by atoms with Gasteiger partial charge in [0.15, 0.2) is 11.6 Å². The van der Waals surface area contributed by atoms with Crippen molar-refractivity contribution in [1.82, 2.24) is 9.62 Å². The zero-order chi connectivity index (χ0) is 15.5. The molecule has 1 N–H and O–H groups in total. The molecule has 8 heteroatoms. The molecule has 1 aliphatic rings. The molecule has 0 spiro atoms. The normalized spacial score (nSPS) is 15.4. The third-order valence-electron chi connectivity index (χ3n) is 3.29. The van der Waals surface area contributed by atoms with Gasteiger partial charge in [0.05, 0.1) is 4.90 Å². The fourth-order valence-electron chi connectivity index (χ4n) is 2.14. The van der Waals surface area contributed by atoms with Crippen molar-refractivity contribution in [3.8, 4) is 0 Å². The molecule has 5 nitrogen and oxygen atoms in total. The summed E-state index contributed by atoms with van der Waals surface area (Å²) in [5, 5.41) is 0. The molecule has 0 aromatic heterocycles. The van der Waals surface area contributed by atoms with Crippen molar-refractivity contribution in [3.05, 3.63) is 29.8 Å². The van der Waals surface area contributed by atoms with Crippen LogP contribution in [0.2, 0.25) is 0 Å². The molecule has 0 bridgehead atoms. The molecular weight excluding hydrogens is 302 g/mol. The number of benzene rings is 1. The highest BCUT2D eigenvalue weighted by Gasteiger charge is 2.20. The number of sulfonamides is 1. The molecule has 1 aromatic rings. The lowest BCUT2D eigenvalue weighted by molar-refractivity contribution is -0.129. The molecule has 0 unspecified atom stereocenters. The first kappa shape index (κ1) is 15.8. The van der Waals surface area contributed by atoms with Crippen LogP contribution in [0, 0.1) is 11.6 Å². The summed E-state index contributed by atoms with van der Waals surface area (Å²) >= 11 is 0. The maximum absolute atomic E-state index is 13.0. The van der Waals surface area contributed by atoms with Gasteiger partial charge in [-0.3, -0.25) is 4.79 Å². The van der Waals surface area contributed by atoms with E-state index in [4.69, 9.17) is 0 Å². The van der Waals surface area contributed by atoms with Gasteiger partial charge >= 0.3 is 0 Å². The van der Waals surface area contributed by atoms with Crippen LogP contribution < -0.4 is 4.72 Å². The molecule has 116 valence electrons. The van der Waals surface area contributed by atoms with Crippen LogP contribution >= 0.6 is 0 Å². The number of likely N-dealkylation sites (tertiary alicyclic amines) is 1. The topological polar surface area (TPSA) is 66.5 Å². The van der Waals surface area contributed by atoms with Crippen LogP contribution in [0.1, 0.15) is 19.3 Å². The van der Waals surface area contributed by atoms with E-state index in [2.05, 4.69) is 4.72 Å². The van der Waals surface area contributed by atoms with E-state index in [-0.39, 0.29) is 23.8 Å². The minimum absolute atomic E-state index is 0.0446. The molecule has 21 heavy (non-hydrogen) atoms. The molecular formula is C13H16F2N2O3S. The molecule has 1 saturated heterocycles. The molecule has 1 fully saturated rings. The highest BCUT2D eigenvalue weighted by Crippen LogP contribution is 2.14. The number of carbonyl (C=O) groups excluding carboxylic acids is 1. The second-order valence-electron chi connectivity index (χ2n) is 4.81. The van der Waals surface area contributed by atoms with E-state index in [1.54, 1.807) is 4.90 Å². The number of carbonyl (C=O) groups is 1. The van der Waals surface area contributed by atoms with Gasteiger partial charge < -0.3 is 4.90 Å².